The van der Waals surface area contributed by atoms with Crippen LogP contribution in [0.5, 0.6) is 0 Å². The Balaban J connectivity index is 2.71. The van der Waals surface area contributed by atoms with Gasteiger partial charge in [-0.2, -0.15) is 0 Å². The van der Waals surface area contributed by atoms with Gasteiger partial charge in [0.1, 0.15) is 18.0 Å². The van der Waals surface area contributed by atoms with Crippen molar-refractivity contribution >= 4 is 11.6 Å². The van der Waals surface area contributed by atoms with Crippen LogP contribution < -0.4 is 11.1 Å². The minimum Gasteiger partial charge on any atom is -0.387 e. The monoisotopic (exact) mass is 253 g/mol. The van der Waals surface area contributed by atoms with Crippen molar-refractivity contribution in [3.63, 3.8) is 0 Å². The third kappa shape index (κ3) is 4.12. The Morgan fingerprint density at radius 2 is 2.11 bits per heavy atom. The van der Waals surface area contributed by atoms with Crippen molar-refractivity contribution < 1.29 is 5.11 Å². The Hall–Kier alpha value is -1.40. The second kappa shape index (κ2) is 5.97. The minimum atomic E-state index is -0.825. The van der Waals surface area contributed by atoms with Crippen LogP contribution in [-0.4, -0.2) is 52.8 Å². The zero-order valence-electron chi connectivity index (χ0n) is 11.6. The highest BCUT2D eigenvalue weighted by molar-refractivity contribution is 5.54. The fourth-order valence-corrected chi connectivity index (χ4v) is 1.94. The predicted molar refractivity (Wildman–Crippen MR) is 73.5 cm³/mol. The van der Waals surface area contributed by atoms with Gasteiger partial charge in [0.2, 0.25) is 0 Å². The molecule has 1 unspecified atom stereocenters. The lowest BCUT2D eigenvalue weighted by atomic mass is 10.1. The molecule has 1 aromatic heterocycles. The van der Waals surface area contributed by atoms with Crippen molar-refractivity contribution in [3.8, 4) is 0 Å². The number of nitrogen functional groups attached to an aromatic ring is 1. The molecule has 4 N–H and O–H groups in total. The van der Waals surface area contributed by atoms with Gasteiger partial charge in [-0.3, -0.25) is 0 Å². The number of hydrogen-bond donors (Lipinski definition) is 3. The van der Waals surface area contributed by atoms with Crippen LogP contribution in [0.25, 0.3) is 0 Å². The molecule has 0 aliphatic heterocycles. The normalized spacial score (nSPS) is 14.6. The summed E-state index contributed by atoms with van der Waals surface area (Å²) < 4.78 is 0. The summed E-state index contributed by atoms with van der Waals surface area (Å²) in [6, 6.07) is 0. The van der Waals surface area contributed by atoms with E-state index in [2.05, 4.69) is 15.3 Å². The number of hydrogen-bond acceptors (Lipinski definition) is 6. The summed E-state index contributed by atoms with van der Waals surface area (Å²) >= 11 is 0. The summed E-state index contributed by atoms with van der Waals surface area (Å²) in [5.74, 6) is 1.19. The number of anilines is 2. The molecular formula is C12H23N5O. The molecule has 102 valence electrons. The summed E-state index contributed by atoms with van der Waals surface area (Å²) in [7, 11) is 3.85. The molecule has 0 saturated heterocycles. The number of nitrogens with zero attached hydrogens (tertiary/aromatic N) is 3. The lowest BCUT2D eigenvalue weighted by Gasteiger charge is -2.27. The van der Waals surface area contributed by atoms with Gasteiger partial charge in [-0.05, 0) is 27.4 Å². The van der Waals surface area contributed by atoms with Crippen LogP contribution in [0.1, 0.15) is 19.4 Å². The van der Waals surface area contributed by atoms with E-state index in [0.29, 0.717) is 24.7 Å². The fraction of sp³-hybridized carbons (Fsp3) is 0.667. The van der Waals surface area contributed by atoms with E-state index in [-0.39, 0.29) is 0 Å². The highest BCUT2D eigenvalue weighted by Crippen LogP contribution is 2.18. The Bertz CT molecular complexity index is 392. The van der Waals surface area contributed by atoms with E-state index in [1.165, 1.54) is 6.33 Å². The molecule has 18 heavy (non-hydrogen) atoms. The zero-order chi connectivity index (χ0) is 13.8. The van der Waals surface area contributed by atoms with Crippen LogP contribution in [0, 0.1) is 0 Å². The first-order valence-electron chi connectivity index (χ1n) is 6.06. The largest absolute Gasteiger partial charge is 0.387 e. The maximum Gasteiger partial charge on any atom is 0.134 e. The average molecular weight is 253 g/mol. The molecule has 0 saturated carbocycles. The van der Waals surface area contributed by atoms with Gasteiger partial charge in [-0.1, -0.05) is 6.92 Å². The Kier molecular flexibility index (Phi) is 4.86. The first kappa shape index (κ1) is 14.7. The van der Waals surface area contributed by atoms with Gasteiger partial charge in [0, 0.05) is 18.7 Å². The van der Waals surface area contributed by atoms with E-state index in [4.69, 9.17) is 5.73 Å². The van der Waals surface area contributed by atoms with Crippen molar-refractivity contribution in [1.82, 2.24) is 14.9 Å². The average Bonchev–Trinajstić information content (AvgIpc) is 2.24. The molecule has 0 spiro atoms. The maximum absolute atomic E-state index is 10.2. The molecule has 6 nitrogen and oxygen atoms in total. The first-order valence-corrected chi connectivity index (χ1v) is 6.06. The standard InChI is InChI=1S/C12H23N5O/c1-5-9-10(13)15-8-16-11(9)14-6-12(2,18)7-17(3)4/h8,18H,5-7H2,1-4H3,(H3,13,14,15,16). The number of nitrogens with two attached hydrogens (primary N) is 1. The van der Waals surface area contributed by atoms with E-state index >= 15 is 0 Å². The Labute approximate surface area is 108 Å². The summed E-state index contributed by atoms with van der Waals surface area (Å²) in [4.78, 5) is 10.1. The third-order valence-corrected chi connectivity index (χ3v) is 2.63. The Morgan fingerprint density at radius 1 is 1.44 bits per heavy atom. The summed E-state index contributed by atoms with van der Waals surface area (Å²) in [6.07, 6.45) is 2.18. The molecule has 1 atom stereocenters. The molecule has 0 amide bonds. The molecular weight excluding hydrogens is 230 g/mol. The van der Waals surface area contributed by atoms with Gasteiger partial charge in [-0.15, -0.1) is 0 Å². The SMILES string of the molecule is CCc1c(N)ncnc1NCC(C)(O)CN(C)C. The third-order valence-electron chi connectivity index (χ3n) is 2.63. The number of aliphatic hydroxyl groups is 1. The molecule has 0 aliphatic carbocycles. The van der Waals surface area contributed by atoms with Gasteiger partial charge in [0.25, 0.3) is 0 Å². The molecule has 1 heterocycles. The van der Waals surface area contributed by atoms with Crippen molar-refractivity contribution in [2.24, 2.45) is 0 Å². The molecule has 0 fully saturated rings. The fourth-order valence-electron chi connectivity index (χ4n) is 1.94. The Morgan fingerprint density at radius 3 is 2.67 bits per heavy atom. The number of aromatic nitrogens is 2. The van der Waals surface area contributed by atoms with Crippen molar-refractivity contribution in [2.75, 3.05) is 38.2 Å². The van der Waals surface area contributed by atoms with E-state index < -0.39 is 5.60 Å². The van der Waals surface area contributed by atoms with Gasteiger partial charge < -0.3 is 21.1 Å². The quantitative estimate of drug-likeness (QED) is 0.678. The van der Waals surface area contributed by atoms with Crippen LogP contribution in [0.15, 0.2) is 6.33 Å². The molecule has 0 aliphatic rings. The van der Waals surface area contributed by atoms with E-state index in [1.807, 2.05) is 25.9 Å². The van der Waals surface area contributed by atoms with Crippen LogP contribution in [0.2, 0.25) is 0 Å². The van der Waals surface area contributed by atoms with Gasteiger partial charge >= 0.3 is 0 Å². The van der Waals surface area contributed by atoms with E-state index in [0.717, 1.165) is 12.0 Å². The summed E-state index contributed by atoms with van der Waals surface area (Å²) in [6.45, 7) is 4.77. The van der Waals surface area contributed by atoms with Gasteiger partial charge in [-0.25, -0.2) is 9.97 Å². The highest BCUT2D eigenvalue weighted by Gasteiger charge is 2.21. The van der Waals surface area contributed by atoms with Crippen LogP contribution in [0.4, 0.5) is 11.6 Å². The summed E-state index contributed by atoms with van der Waals surface area (Å²) in [5.41, 5.74) is 5.85. The lowest BCUT2D eigenvalue weighted by molar-refractivity contribution is 0.0459. The second-order valence-electron chi connectivity index (χ2n) is 5.03. The number of rotatable bonds is 6. The minimum absolute atomic E-state index is 0.411. The molecule has 0 radical (unpaired) electrons. The number of likely N-dealkylation sites (N-methyl/N-ethyl adjacent to an activating group) is 1. The second-order valence-corrected chi connectivity index (χ2v) is 5.03. The van der Waals surface area contributed by atoms with Crippen molar-refractivity contribution in [3.05, 3.63) is 11.9 Å². The van der Waals surface area contributed by atoms with E-state index in [1.54, 1.807) is 6.92 Å². The van der Waals surface area contributed by atoms with Crippen molar-refractivity contribution in [1.29, 1.82) is 0 Å². The van der Waals surface area contributed by atoms with Crippen LogP contribution >= 0.6 is 0 Å². The van der Waals surface area contributed by atoms with Gasteiger partial charge in [0.05, 0.1) is 5.60 Å². The van der Waals surface area contributed by atoms with Crippen LogP contribution in [0.3, 0.4) is 0 Å². The molecule has 6 heteroatoms. The van der Waals surface area contributed by atoms with Crippen molar-refractivity contribution in [2.45, 2.75) is 25.9 Å². The maximum atomic E-state index is 10.2. The molecule has 1 rings (SSSR count). The molecule has 0 aromatic carbocycles. The van der Waals surface area contributed by atoms with Gasteiger partial charge in [0.15, 0.2) is 0 Å². The molecule has 0 bridgehead atoms. The predicted octanol–water partition coefficient (Wildman–Crippen LogP) is 0.346. The van der Waals surface area contributed by atoms with Crippen LogP contribution in [-0.2, 0) is 6.42 Å². The first-order chi connectivity index (χ1) is 8.35. The zero-order valence-corrected chi connectivity index (χ0v) is 11.6. The highest BCUT2D eigenvalue weighted by atomic mass is 16.3. The van der Waals surface area contributed by atoms with E-state index in [9.17, 15) is 5.11 Å². The number of nitrogens with one attached hydrogen (secondary N) is 1. The smallest absolute Gasteiger partial charge is 0.134 e. The summed E-state index contributed by atoms with van der Waals surface area (Å²) in [5, 5.41) is 13.3. The topological polar surface area (TPSA) is 87.3 Å². The lowest BCUT2D eigenvalue weighted by Crippen LogP contribution is -2.43. The molecule has 1 aromatic rings.